The first-order valence-corrected chi connectivity index (χ1v) is 10.3. The van der Waals surface area contributed by atoms with E-state index in [-0.39, 0.29) is 37.2 Å². The normalized spacial score (nSPS) is 19.8. The van der Waals surface area contributed by atoms with Gasteiger partial charge in [-0.3, -0.25) is 14.5 Å². The zero-order valence-electron chi connectivity index (χ0n) is 17.5. The van der Waals surface area contributed by atoms with Crippen molar-refractivity contribution in [2.75, 3.05) is 11.4 Å². The van der Waals surface area contributed by atoms with E-state index in [1.54, 1.807) is 48.5 Å². The monoisotopic (exact) mass is 417 g/mol. The lowest BCUT2D eigenvalue weighted by Gasteiger charge is -2.48. The van der Waals surface area contributed by atoms with Crippen LogP contribution >= 0.6 is 0 Å². The van der Waals surface area contributed by atoms with Gasteiger partial charge in [0.05, 0.1) is 22.9 Å². The molecule has 1 saturated heterocycles. The van der Waals surface area contributed by atoms with Crippen LogP contribution in [-0.4, -0.2) is 34.9 Å². The predicted octanol–water partition coefficient (Wildman–Crippen LogP) is 3.24. The minimum atomic E-state index is -1.52. The van der Waals surface area contributed by atoms with Crippen molar-refractivity contribution in [1.29, 1.82) is 5.26 Å². The summed E-state index contributed by atoms with van der Waals surface area (Å²) in [4.78, 5) is 42.9. The van der Waals surface area contributed by atoms with E-state index in [9.17, 15) is 19.6 Å². The molecule has 158 valence electrons. The van der Waals surface area contributed by atoms with Gasteiger partial charge in [-0.05, 0) is 24.1 Å². The van der Waals surface area contributed by atoms with Crippen molar-refractivity contribution in [2.24, 2.45) is 5.92 Å². The van der Waals surface area contributed by atoms with Crippen LogP contribution < -0.4 is 4.90 Å². The summed E-state index contributed by atoms with van der Waals surface area (Å²) in [5.41, 5.74) is 0.301. The number of amides is 2. The first kappa shape index (κ1) is 20.6. The largest absolute Gasteiger partial charge is 0.458 e. The molecule has 31 heavy (non-hydrogen) atoms. The van der Waals surface area contributed by atoms with Crippen LogP contribution in [0.2, 0.25) is 0 Å². The van der Waals surface area contributed by atoms with Gasteiger partial charge in [0.15, 0.2) is 0 Å². The molecule has 1 fully saturated rings. The number of benzene rings is 2. The van der Waals surface area contributed by atoms with E-state index in [4.69, 9.17) is 4.74 Å². The molecule has 0 spiro atoms. The lowest BCUT2D eigenvalue weighted by atomic mass is 9.95. The molecule has 7 nitrogen and oxygen atoms in total. The average Bonchev–Trinajstić information content (AvgIpc) is 3.13. The molecule has 2 heterocycles. The summed E-state index contributed by atoms with van der Waals surface area (Å²) in [6.07, 6.45) is 0.303. The highest BCUT2D eigenvalue weighted by molar-refractivity contribution is 6.15. The quantitative estimate of drug-likeness (QED) is 0.697. The van der Waals surface area contributed by atoms with Gasteiger partial charge in [-0.25, -0.2) is 4.79 Å². The van der Waals surface area contributed by atoms with Gasteiger partial charge in [0.25, 0.3) is 5.91 Å². The van der Waals surface area contributed by atoms with E-state index < -0.39 is 11.6 Å². The van der Waals surface area contributed by atoms with Crippen LogP contribution in [0.5, 0.6) is 0 Å². The first-order chi connectivity index (χ1) is 14.9. The number of esters is 1. The summed E-state index contributed by atoms with van der Waals surface area (Å²) >= 11 is 0. The van der Waals surface area contributed by atoms with E-state index in [1.807, 2.05) is 13.8 Å². The first-order valence-electron chi connectivity index (χ1n) is 10.3. The molecule has 2 amide bonds. The summed E-state index contributed by atoms with van der Waals surface area (Å²) in [6, 6.07) is 15.8. The number of hydrogen-bond donors (Lipinski definition) is 0. The lowest BCUT2D eigenvalue weighted by molar-refractivity contribution is -0.159. The third-order valence-electron chi connectivity index (χ3n) is 5.75. The molecule has 0 aromatic heterocycles. The molecule has 0 radical (unpaired) electrons. The van der Waals surface area contributed by atoms with Crippen LogP contribution in [0, 0.1) is 17.2 Å². The Hall–Kier alpha value is -3.66. The Labute approximate surface area is 180 Å². The molecule has 0 saturated carbocycles. The van der Waals surface area contributed by atoms with Crippen LogP contribution in [0.1, 0.15) is 48.2 Å². The Morgan fingerprint density at radius 2 is 1.87 bits per heavy atom. The van der Waals surface area contributed by atoms with Gasteiger partial charge in [0.2, 0.25) is 11.6 Å². The van der Waals surface area contributed by atoms with Gasteiger partial charge in [-0.15, -0.1) is 0 Å². The number of hydrogen-bond acceptors (Lipinski definition) is 5. The Bertz CT molecular complexity index is 1100. The molecule has 2 aliphatic rings. The van der Waals surface area contributed by atoms with E-state index >= 15 is 0 Å². The number of carbonyl (C=O) groups excluding carboxylic acids is 3. The summed E-state index contributed by atoms with van der Waals surface area (Å²) in [5.74, 6) is -1.09. The molecule has 2 aromatic rings. The van der Waals surface area contributed by atoms with E-state index in [1.165, 1.54) is 9.80 Å². The number of ether oxygens (including phenoxy) is 1. The number of nitrogens with zero attached hydrogens (tertiary/aromatic N) is 3. The van der Waals surface area contributed by atoms with E-state index in [2.05, 4.69) is 6.07 Å². The van der Waals surface area contributed by atoms with Gasteiger partial charge >= 0.3 is 5.97 Å². The zero-order chi connectivity index (χ0) is 22.2. The number of nitriles is 1. The van der Waals surface area contributed by atoms with Crippen LogP contribution in [0.3, 0.4) is 0 Å². The van der Waals surface area contributed by atoms with E-state index in [0.717, 1.165) is 0 Å². The fraction of sp³-hybridized carbons (Fsp3) is 0.333. The van der Waals surface area contributed by atoms with Gasteiger partial charge < -0.3 is 9.64 Å². The second-order valence-corrected chi connectivity index (χ2v) is 8.22. The molecule has 0 aliphatic carbocycles. The van der Waals surface area contributed by atoms with Crippen LogP contribution in [0.15, 0.2) is 48.5 Å². The fourth-order valence-corrected chi connectivity index (χ4v) is 4.38. The molecule has 0 bridgehead atoms. The highest BCUT2D eigenvalue weighted by Crippen LogP contribution is 2.45. The lowest BCUT2D eigenvalue weighted by Crippen LogP contribution is -2.69. The molecule has 7 heteroatoms. The van der Waals surface area contributed by atoms with Crippen molar-refractivity contribution in [3.63, 3.8) is 0 Å². The maximum absolute atomic E-state index is 13.6. The van der Waals surface area contributed by atoms with Crippen molar-refractivity contribution in [2.45, 2.75) is 39.0 Å². The second-order valence-electron chi connectivity index (χ2n) is 8.22. The molecule has 2 aromatic carbocycles. The fourth-order valence-electron chi connectivity index (χ4n) is 4.38. The van der Waals surface area contributed by atoms with Crippen molar-refractivity contribution in [3.05, 3.63) is 65.2 Å². The maximum atomic E-state index is 13.6. The minimum Gasteiger partial charge on any atom is -0.458 e. The highest BCUT2D eigenvalue weighted by atomic mass is 16.5. The van der Waals surface area contributed by atoms with Crippen LogP contribution in [-0.2, 0) is 20.9 Å². The third kappa shape index (κ3) is 3.25. The Balaban J connectivity index is 1.76. The summed E-state index contributed by atoms with van der Waals surface area (Å²) in [6.45, 7) is 4.10. The minimum absolute atomic E-state index is 0.0794. The van der Waals surface area contributed by atoms with E-state index in [0.29, 0.717) is 28.9 Å². The number of anilines is 1. The van der Waals surface area contributed by atoms with Crippen molar-refractivity contribution < 1.29 is 19.1 Å². The van der Waals surface area contributed by atoms with Crippen molar-refractivity contribution in [1.82, 2.24) is 4.90 Å². The summed E-state index contributed by atoms with van der Waals surface area (Å²) in [5, 5.41) is 9.30. The topological polar surface area (TPSA) is 90.7 Å². The number of rotatable bonds is 5. The van der Waals surface area contributed by atoms with Crippen molar-refractivity contribution >= 4 is 23.5 Å². The van der Waals surface area contributed by atoms with Crippen LogP contribution in [0.25, 0.3) is 0 Å². The standard InChI is InChI=1S/C24H23N3O4/c1-16(2)14-26-22(29)19-9-5-6-10-20(19)27-21(28)11-12-24(26,27)23(30)31-15-18-8-4-3-7-17(18)13-25/h3-10,16H,11-12,14-15H2,1-2H3/t24-/m0/s1. The smallest absolute Gasteiger partial charge is 0.354 e. The Morgan fingerprint density at radius 1 is 1.16 bits per heavy atom. The molecular weight excluding hydrogens is 394 g/mol. The van der Waals surface area contributed by atoms with Gasteiger partial charge in [0, 0.05) is 24.9 Å². The van der Waals surface area contributed by atoms with Crippen molar-refractivity contribution in [3.8, 4) is 6.07 Å². The summed E-state index contributed by atoms with van der Waals surface area (Å²) < 4.78 is 5.66. The Morgan fingerprint density at radius 3 is 2.61 bits per heavy atom. The van der Waals surface area contributed by atoms with Gasteiger partial charge in [0.1, 0.15) is 6.61 Å². The molecular formula is C24H23N3O4. The SMILES string of the molecule is CC(C)CN1C(=O)c2ccccc2N2C(=O)CC[C@]12C(=O)OCc1ccccc1C#N. The third-order valence-corrected chi connectivity index (χ3v) is 5.75. The second kappa shape index (κ2) is 7.88. The molecule has 2 aliphatic heterocycles. The maximum Gasteiger partial charge on any atom is 0.354 e. The molecule has 0 N–H and O–H groups in total. The number of carbonyl (C=O) groups is 3. The molecule has 0 unspecified atom stereocenters. The number of para-hydroxylation sites is 1. The zero-order valence-corrected chi connectivity index (χ0v) is 17.5. The molecule has 4 rings (SSSR count). The van der Waals surface area contributed by atoms with Gasteiger partial charge in [-0.2, -0.15) is 5.26 Å². The Kier molecular flexibility index (Phi) is 5.24. The highest BCUT2D eigenvalue weighted by Gasteiger charge is 2.61. The van der Waals surface area contributed by atoms with Crippen LogP contribution in [0.4, 0.5) is 5.69 Å². The average molecular weight is 417 g/mol. The summed E-state index contributed by atoms with van der Waals surface area (Å²) in [7, 11) is 0. The molecule has 1 atom stereocenters. The number of fused-ring (bicyclic) bond motifs is 3. The van der Waals surface area contributed by atoms with Gasteiger partial charge in [-0.1, -0.05) is 44.2 Å². The predicted molar refractivity (Wildman–Crippen MR) is 113 cm³/mol.